The molecule has 23 heavy (non-hydrogen) atoms. The van der Waals surface area contributed by atoms with Gasteiger partial charge in [-0.05, 0) is 43.5 Å². The summed E-state index contributed by atoms with van der Waals surface area (Å²) in [5.41, 5.74) is 2.72. The van der Waals surface area contributed by atoms with Crippen molar-refractivity contribution in [1.82, 2.24) is 9.78 Å². The van der Waals surface area contributed by atoms with Crippen LogP contribution >= 0.6 is 0 Å². The molecular formula is C17H21N3O3. The Bertz CT molecular complexity index is 748. The SMILES string of the molecule is Cc1cc(NC(=O)c2cnn(CC(C)C)c2C)ccc1C(=O)O. The smallest absolute Gasteiger partial charge is 0.335 e. The van der Waals surface area contributed by atoms with Crippen molar-refractivity contribution >= 4 is 17.6 Å². The first-order valence-corrected chi connectivity index (χ1v) is 7.47. The molecule has 0 aliphatic carbocycles. The first-order chi connectivity index (χ1) is 10.8. The van der Waals surface area contributed by atoms with Gasteiger partial charge in [0.1, 0.15) is 0 Å². The number of hydrogen-bond acceptors (Lipinski definition) is 3. The monoisotopic (exact) mass is 315 g/mol. The summed E-state index contributed by atoms with van der Waals surface area (Å²) in [6.07, 6.45) is 1.56. The number of rotatable bonds is 5. The zero-order chi connectivity index (χ0) is 17.1. The number of nitrogens with zero attached hydrogens (tertiary/aromatic N) is 2. The van der Waals surface area contributed by atoms with Crippen molar-refractivity contribution in [2.24, 2.45) is 5.92 Å². The van der Waals surface area contributed by atoms with Crippen molar-refractivity contribution in [3.8, 4) is 0 Å². The lowest BCUT2D eigenvalue weighted by atomic mass is 10.1. The highest BCUT2D eigenvalue weighted by Crippen LogP contribution is 2.17. The highest BCUT2D eigenvalue weighted by Gasteiger charge is 2.16. The lowest BCUT2D eigenvalue weighted by Crippen LogP contribution is -2.14. The molecule has 0 bridgehead atoms. The topological polar surface area (TPSA) is 84.2 Å². The average molecular weight is 315 g/mol. The number of aromatic nitrogens is 2. The number of aromatic carboxylic acids is 1. The molecule has 0 radical (unpaired) electrons. The van der Waals surface area contributed by atoms with E-state index in [1.807, 2.05) is 11.6 Å². The van der Waals surface area contributed by atoms with Crippen LogP contribution in [0.3, 0.4) is 0 Å². The van der Waals surface area contributed by atoms with Gasteiger partial charge in [-0.2, -0.15) is 5.10 Å². The summed E-state index contributed by atoms with van der Waals surface area (Å²) >= 11 is 0. The van der Waals surface area contributed by atoms with Crippen molar-refractivity contribution in [3.05, 3.63) is 46.8 Å². The third kappa shape index (κ3) is 3.77. The van der Waals surface area contributed by atoms with E-state index < -0.39 is 5.97 Å². The Morgan fingerprint density at radius 3 is 2.52 bits per heavy atom. The molecule has 6 nitrogen and oxygen atoms in total. The van der Waals surface area contributed by atoms with Gasteiger partial charge in [0.15, 0.2) is 0 Å². The van der Waals surface area contributed by atoms with E-state index in [-0.39, 0.29) is 11.5 Å². The molecule has 2 rings (SSSR count). The fraction of sp³-hybridized carbons (Fsp3) is 0.353. The number of carboxylic acid groups (broad SMARTS) is 1. The predicted octanol–water partition coefficient (Wildman–Crippen LogP) is 3.11. The lowest BCUT2D eigenvalue weighted by Gasteiger charge is -2.09. The maximum atomic E-state index is 12.4. The fourth-order valence-corrected chi connectivity index (χ4v) is 2.38. The van der Waals surface area contributed by atoms with Gasteiger partial charge in [-0.3, -0.25) is 9.48 Å². The number of carbonyl (C=O) groups is 2. The van der Waals surface area contributed by atoms with Crippen molar-refractivity contribution in [3.63, 3.8) is 0 Å². The zero-order valence-corrected chi connectivity index (χ0v) is 13.8. The van der Waals surface area contributed by atoms with Crippen LogP contribution in [0, 0.1) is 19.8 Å². The van der Waals surface area contributed by atoms with Gasteiger partial charge in [-0.25, -0.2) is 4.79 Å². The minimum atomic E-state index is -0.980. The number of nitrogens with one attached hydrogen (secondary N) is 1. The molecule has 6 heteroatoms. The molecule has 1 aromatic carbocycles. The van der Waals surface area contributed by atoms with Crippen LogP contribution in [0.25, 0.3) is 0 Å². The van der Waals surface area contributed by atoms with Crippen LogP contribution in [-0.4, -0.2) is 26.8 Å². The normalized spacial score (nSPS) is 10.8. The predicted molar refractivity (Wildman–Crippen MR) is 87.9 cm³/mol. The van der Waals surface area contributed by atoms with Crippen LogP contribution in [0.2, 0.25) is 0 Å². The Labute approximate surface area is 135 Å². The fourth-order valence-electron chi connectivity index (χ4n) is 2.38. The van der Waals surface area contributed by atoms with Crippen LogP contribution < -0.4 is 5.32 Å². The number of benzene rings is 1. The van der Waals surface area contributed by atoms with Gasteiger partial charge in [-0.1, -0.05) is 13.8 Å². The lowest BCUT2D eigenvalue weighted by molar-refractivity contribution is 0.0696. The number of hydrogen-bond donors (Lipinski definition) is 2. The maximum absolute atomic E-state index is 12.4. The van der Waals surface area contributed by atoms with E-state index >= 15 is 0 Å². The first-order valence-electron chi connectivity index (χ1n) is 7.47. The second kappa shape index (κ2) is 6.64. The van der Waals surface area contributed by atoms with E-state index in [1.165, 1.54) is 6.07 Å². The molecule has 0 unspecified atom stereocenters. The van der Waals surface area contributed by atoms with Crippen LogP contribution in [0.1, 0.15) is 45.8 Å². The molecule has 0 fully saturated rings. The standard InChI is InChI=1S/C17H21N3O3/c1-10(2)9-20-12(4)15(8-18-20)16(21)19-13-5-6-14(17(22)23)11(3)7-13/h5-8,10H,9H2,1-4H3,(H,19,21)(H,22,23). The molecular weight excluding hydrogens is 294 g/mol. The molecule has 0 aliphatic heterocycles. The molecule has 0 spiro atoms. The maximum Gasteiger partial charge on any atom is 0.335 e. The quantitative estimate of drug-likeness (QED) is 0.888. The summed E-state index contributed by atoms with van der Waals surface area (Å²) in [7, 11) is 0. The van der Waals surface area contributed by atoms with Gasteiger partial charge >= 0.3 is 5.97 Å². The minimum Gasteiger partial charge on any atom is -0.478 e. The molecule has 122 valence electrons. The van der Waals surface area contributed by atoms with Gasteiger partial charge in [0, 0.05) is 17.9 Å². The zero-order valence-electron chi connectivity index (χ0n) is 13.8. The van der Waals surface area contributed by atoms with E-state index in [0.717, 1.165) is 12.2 Å². The molecule has 0 saturated heterocycles. The van der Waals surface area contributed by atoms with E-state index in [4.69, 9.17) is 5.11 Å². The van der Waals surface area contributed by atoms with Crippen molar-refractivity contribution in [2.45, 2.75) is 34.2 Å². The Kier molecular flexibility index (Phi) is 4.83. The Balaban J connectivity index is 2.18. The molecule has 1 aromatic heterocycles. The highest BCUT2D eigenvalue weighted by molar-refractivity contribution is 6.05. The summed E-state index contributed by atoms with van der Waals surface area (Å²) in [6, 6.07) is 4.72. The second-order valence-corrected chi connectivity index (χ2v) is 6.01. The number of carbonyl (C=O) groups excluding carboxylic acids is 1. The first kappa shape index (κ1) is 16.7. The second-order valence-electron chi connectivity index (χ2n) is 6.01. The van der Waals surface area contributed by atoms with E-state index in [2.05, 4.69) is 24.3 Å². The molecule has 1 heterocycles. The number of carboxylic acids is 1. The van der Waals surface area contributed by atoms with Crippen LogP contribution in [0.15, 0.2) is 24.4 Å². The summed E-state index contributed by atoms with van der Waals surface area (Å²) in [5.74, 6) is -0.790. The molecule has 0 aliphatic rings. The number of aryl methyl sites for hydroxylation is 1. The molecule has 2 N–H and O–H groups in total. The Morgan fingerprint density at radius 2 is 1.96 bits per heavy atom. The van der Waals surface area contributed by atoms with E-state index in [1.54, 1.807) is 25.3 Å². The van der Waals surface area contributed by atoms with Gasteiger partial charge in [0.2, 0.25) is 0 Å². The minimum absolute atomic E-state index is 0.226. The van der Waals surface area contributed by atoms with Gasteiger partial charge in [-0.15, -0.1) is 0 Å². The summed E-state index contributed by atoms with van der Waals surface area (Å²) < 4.78 is 1.82. The molecule has 1 amide bonds. The van der Waals surface area contributed by atoms with Crippen LogP contribution in [0.4, 0.5) is 5.69 Å². The van der Waals surface area contributed by atoms with Crippen molar-refractivity contribution < 1.29 is 14.7 Å². The summed E-state index contributed by atoms with van der Waals surface area (Å²) in [5, 5.41) is 16.1. The van der Waals surface area contributed by atoms with Gasteiger partial charge in [0.25, 0.3) is 5.91 Å². The van der Waals surface area contributed by atoms with Crippen molar-refractivity contribution in [1.29, 1.82) is 0 Å². The largest absolute Gasteiger partial charge is 0.478 e. The van der Waals surface area contributed by atoms with E-state index in [9.17, 15) is 9.59 Å². The van der Waals surface area contributed by atoms with Crippen LogP contribution in [-0.2, 0) is 6.54 Å². The molecule has 2 aromatic rings. The number of anilines is 1. The van der Waals surface area contributed by atoms with Crippen LogP contribution in [0.5, 0.6) is 0 Å². The van der Waals surface area contributed by atoms with Crippen molar-refractivity contribution in [2.75, 3.05) is 5.32 Å². The Hall–Kier alpha value is -2.63. The van der Waals surface area contributed by atoms with Gasteiger partial charge < -0.3 is 10.4 Å². The summed E-state index contributed by atoms with van der Waals surface area (Å²) in [4.78, 5) is 23.4. The molecule has 0 atom stereocenters. The van der Waals surface area contributed by atoms with Gasteiger partial charge in [0.05, 0.1) is 17.3 Å². The Morgan fingerprint density at radius 1 is 1.26 bits per heavy atom. The highest BCUT2D eigenvalue weighted by atomic mass is 16.4. The molecule has 0 saturated carbocycles. The average Bonchev–Trinajstić information content (AvgIpc) is 2.79. The van der Waals surface area contributed by atoms with E-state index in [0.29, 0.717) is 22.7 Å². The summed E-state index contributed by atoms with van der Waals surface area (Å²) in [6.45, 7) is 8.50. The number of amides is 1. The third-order valence-electron chi connectivity index (χ3n) is 3.60. The third-order valence-corrected chi connectivity index (χ3v) is 3.60.